The summed E-state index contributed by atoms with van der Waals surface area (Å²) in [6.07, 6.45) is 1.42. The number of rotatable bonds is 4. The number of hydrogen-bond donors (Lipinski definition) is 2. The van der Waals surface area contributed by atoms with Crippen LogP contribution >= 0.6 is 11.6 Å². The van der Waals surface area contributed by atoms with Gasteiger partial charge in [-0.25, -0.2) is 0 Å². The van der Waals surface area contributed by atoms with Crippen LogP contribution < -0.4 is 11.1 Å². The SMILES string of the molecule is NCC1(C(=O)Nc2cc(Cl)ccc2[N+](=O)[O-])CC1. The molecule has 0 aliphatic heterocycles. The summed E-state index contributed by atoms with van der Waals surface area (Å²) in [5, 5.41) is 13.7. The number of benzene rings is 1. The number of carbonyl (C=O) groups is 1. The summed E-state index contributed by atoms with van der Waals surface area (Å²) in [4.78, 5) is 22.2. The van der Waals surface area contributed by atoms with Crippen LogP contribution in [-0.2, 0) is 4.79 Å². The molecule has 0 aromatic heterocycles. The smallest absolute Gasteiger partial charge is 0.292 e. The third-order valence-corrected chi connectivity index (χ3v) is 3.36. The van der Waals surface area contributed by atoms with Crippen LogP contribution in [0.1, 0.15) is 12.8 Å². The minimum atomic E-state index is -0.562. The Morgan fingerprint density at radius 1 is 1.56 bits per heavy atom. The summed E-state index contributed by atoms with van der Waals surface area (Å²) < 4.78 is 0. The lowest BCUT2D eigenvalue weighted by molar-refractivity contribution is -0.383. The third kappa shape index (κ3) is 2.30. The molecule has 0 atom stereocenters. The zero-order chi connectivity index (χ0) is 13.3. The maximum atomic E-state index is 12.0. The normalized spacial score (nSPS) is 16.1. The second kappa shape index (κ2) is 4.55. The van der Waals surface area contributed by atoms with Crippen molar-refractivity contribution in [2.75, 3.05) is 11.9 Å². The molecular weight excluding hydrogens is 258 g/mol. The summed E-state index contributed by atoms with van der Waals surface area (Å²) in [6, 6.07) is 4.04. The fraction of sp³-hybridized carbons (Fsp3) is 0.364. The van der Waals surface area contributed by atoms with Crippen molar-refractivity contribution >= 4 is 28.9 Å². The average molecular weight is 270 g/mol. The Bertz CT molecular complexity index is 514. The molecule has 96 valence electrons. The first kappa shape index (κ1) is 12.8. The molecule has 6 nitrogen and oxygen atoms in total. The van der Waals surface area contributed by atoms with Gasteiger partial charge in [0.05, 0.1) is 10.3 Å². The van der Waals surface area contributed by atoms with Gasteiger partial charge in [0.25, 0.3) is 5.69 Å². The number of amides is 1. The van der Waals surface area contributed by atoms with E-state index in [1.54, 1.807) is 0 Å². The predicted octanol–water partition coefficient (Wildman–Crippen LogP) is 1.93. The lowest BCUT2D eigenvalue weighted by Gasteiger charge is -2.12. The number of nitrogens with one attached hydrogen (secondary N) is 1. The molecule has 1 aromatic rings. The standard InChI is InChI=1S/C11H12ClN3O3/c12-7-1-2-9(15(17)18)8(5-7)14-10(16)11(6-13)3-4-11/h1-2,5H,3-4,6,13H2,(H,14,16). The molecule has 18 heavy (non-hydrogen) atoms. The average Bonchev–Trinajstić information content (AvgIpc) is 3.09. The number of carbonyl (C=O) groups excluding carboxylic acids is 1. The van der Waals surface area contributed by atoms with E-state index in [-0.39, 0.29) is 23.8 Å². The molecule has 0 radical (unpaired) electrons. The van der Waals surface area contributed by atoms with E-state index in [1.807, 2.05) is 0 Å². The van der Waals surface area contributed by atoms with E-state index < -0.39 is 10.3 Å². The Hall–Kier alpha value is -1.66. The highest BCUT2D eigenvalue weighted by Crippen LogP contribution is 2.45. The number of nitro benzene ring substituents is 1. The lowest BCUT2D eigenvalue weighted by atomic mass is 10.1. The number of nitro groups is 1. The Balaban J connectivity index is 2.25. The van der Waals surface area contributed by atoms with Crippen LogP contribution in [0.3, 0.4) is 0 Å². The monoisotopic (exact) mass is 269 g/mol. The maximum Gasteiger partial charge on any atom is 0.292 e. The van der Waals surface area contributed by atoms with Gasteiger partial charge in [0.15, 0.2) is 0 Å². The molecule has 1 aromatic carbocycles. The van der Waals surface area contributed by atoms with Crippen molar-refractivity contribution in [3.05, 3.63) is 33.3 Å². The molecule has 0 bridgehead atoms. The Morgan fingerprint density at radius 2 is 2.22 bits per heavy atom. The van der Waals surface area contributed by atoms with Gasteiger partial charge < -0.3 is 11.1 Å². The number of halogens is 1. The molecule has 3 N–H and O–H groups in total. The van der Waals surface area contributed by atoms with E-state index >= 15 is 0 Å². The minimum Gasteiger partial charge on any atom is -0.329 e. The van der Waals surface area contributed by atoms with E-state index in [0.29, 0.717) is 17.9 Å². The highest BCUT2D eigenvalue weighted by Gasteiger charge is 2.48. The van der Waals surface area contributed by atoms with Gasteiger partial charge in [0.1, 0.15) is 5.69 Å². The van der Waals surface area contributed by atoms with Crippen molar-refractivity contribution in [2.24, 2.45) is 11.1 Å². The van der Waals surface area contributed by atoms with Crippen molar-refractivity contribution in [3.8, 4) is 0 Å². The first-order chi connectivity index (χ1) is 8.48. The van der Waals surface area contributed by atoms with Crippen LogP contribution in [0.4, 0.5) is 11.4 Å². The number of anilines is 1. The molecule has 0 saturated heterocycles. The summed E-state index contributed by atoms with van der Waals surface area (Å²) in [5.74, 6) is -0.282. The number of hydrogen-bond acceptors (Lipinski definition) is 4. The van der Waals surface area contributed by atoms with Gasteiger partial charge in [0.2, 0.25) is 5.91 Å². The molecule has 1 fully saturated rings. The quantitative estimate of drug-likeness (QED) is 0.644. The summed E-state index contributed by atoms with van der Waals surface area (Å²) >= 11 is 5.77. The number of nitrogens with zero attached hydrogens (tertiary/aromatic N) is 1. The van der Waals surface area contributed by atoms with Gasteiger partial charge in [-0.1, -0.05) is 11.6 Å². The molecule has 2 rings (SSSR count). The zero-order valence-electron chi connectivity index (χ0n) is 9.48. The lowest BCUT2D eigenvalue weighted by Crippen LogP contribution is -2.31. The number of nitrogens with two attached hydrogens (primary N) is 1. The Labute approximate surface area is 108 Å². The maximum absolute atomic E-state index is 12.0. The molecule has 1 saturated carbocycles. The summed E-state index contributed by atoms with van der Waals surface area (Å²) in [6.45, 7) is 0.243. The van der Waals surface area contributed by atoms with Crippen molar-refractivity contribution in [1.29, 1.82) is 0 Å². The highest BCUT2D eigenvalue weighted by molar-refractivity contribution is 6.31. The van der Waals surface area contributed by atoms with E-state index in [1.165, 1.54) is 18.2 Å². The fourth-order valence-corrected chi connectivity index (χ4v) is 1.87. The van der Waals surface area contributed by atoms with Crippen LogP contribution in [-0.4, -0.2) is 17.4 Å². The van der Waals surface area contributed by atoms with E-state index in [2.05, 4.69) is 5.32 Å². The Morgan fingerprint density at radius 3 is 2.72 bits per heavy atom. The second-order valence-electron chi connectivity index (χ2n) is 4.36. The summed E-state index contributed by atoms with van der Waals surface area (Å²) in [7, 11) is 0. The van der Waals surface area contributed by atoms with E-state index in [9.17, 15) is 14.9 Å². The van der Waals surface area contributed by atoms with Gasteiger partial charge in [-0.2, -0.15) is 0 Å². The van der Waals surface area contributed by atoms with Crippen LogP contribution in [0, 0.1) is 15.5 Å². The topological polar surface area (TPSA) is 98.3 Å². The van der Waals surface area contributed by atoms with Crippen LogP contribution in [0.15, 0.2) is 18.2 Å². The van der Waals surface area contributed by atoms with Crippen molar-refractivity contribution < 1.29 is 9.72 Å². The van der Waals surface area contributed by atoms with Crippen molar-refractivity contribution in [3.63, 3.8) is 0 Å². The van der Waals surface area contributed by atoms with Gasteiger partial charge in [-0.15, -0.1) is 0 Å². The summed E-state index contributed by atoms with van der Waals surface area (Å²) in [5.41, 5.74) is 4.90. The molecule has 0 spiro atoms. The molecule has 0 unspecified atom stereocenters. The first-order valence-corrected chi connectivity index (χ1v) is 5.82. The van der Waals surface area contributed by atoms with Crippen LogP contribution in [0.5, 0.6) is 0 Å². The molecule has 1 aliphatic rings. The molecular formula is C11H12ClN3O3. The first-order valence-electron chi connectivity index (χ1n) is 5.44. The fourth-order valence-electron chi connectivity index (χ4n) is 1.70. The van der Waals surface area contributed by atoms with Gasteiger partial charge >= 0.3 is 0 Å². The largest absolute Gasteiger partial charge is 0.329 e. The van der Waals surface area contributed by atoms with Crippen LogP contribution in [0.25, 0.3) is 0 Å². The molecule has 0 heterocycles. The second-order valence-corrected chi connectivity index (χ2v) is 4.79. The third-order valence-electron chi connectivity index (χ3n) is 3.13. The van der Waals surface area contributed by atoms with Crippen molar-refractivity contribution in [2.45, 2.75) is 12.8 Å². The van der Waals surface area contributed by atoms with E-state index in [0.717, 1.165) is 0 Å². The Kier molecular flexibility index (Phi) is 3.23. The van der Waals surface area contributed by atoms with Gasteiger partial charge in [-0.3, -0.25) is 14.9 Å². The van der Waals surface area contributed by atoms with Crippen LogP contribution in [0.2, 0.25) is 5.02 Å². The van der Waals surface area contributed by atoms with Crippen molar-refractivity contribution in [1.82, 2.24) is 0 Å². The predicted molar refractivity (Wildman–Crippen MR) is 67.5 cm³/mol. The zero-order valence-corrected chi connectivity index (χ0v) is 10.2. The highest BCUT2D eigenvalue weighted by atomic mass is 35.5. The molecule has 7 heteroatoms. The minimum absolute atomic E-state index is 0.109. The van der Waals surface area contributed by atoms with Gasteiger partial charge in [0, 0.05) is 17.6 Å². The molecule has 1 aliphatic carbocycles. The molecule has 1 amide bonds. The van der Waals surface area contributed by atoms with Gasteiger partial charge in [-0.05, 0) is 25.0 Å². The van der Waals surface area contributed by atoms with E-state index in [4.69, 9.17) is 17.3 Å².